The summed E-state index contributed by atoms with van der Waals surface area (Å²) in [4.78, 5) is 2.30. The van der Waals surface area contributed by atoms with E-state index in [1.165, 1.54) is 60.8 Å². The molecule has 0 unspecified atom stereocenters. The molecule has 0 spiro atoms. The smallest absolute Gasteiger partial charge is 0.0462 e. The summed E-state index contributed by atoms with van der Waals surface area (Å²) in [6, 6.07) is 46.2. The van der Waals surface area contributed by atoms with Crippen molar-refractivity contribution in [2.24, 2.45) is 17.8 Å². The minimum Gasteiger partial charge on any atom is -0.311 e. The van der Waals surface area contributed by atoms with Gasteiger partial charge in [-0.25, -0.2) is 0 Å². The second-order valence-corrected chi connectivity index (χ2v) is 13.3. The first-order valence-corrected chi connectivity index (χ1v) is 15.9. The Morgan fingerprint density at radius 1 is 0.488 bits per heavy atom. The van der Waals surface area contributed by atoms with Crippen LogP contribution in [-0.2, 0) is 5.41 Å². The van der Waals surface area contributed by atoms with Gasteiger partial charge in [0.05, 0.1) is 0 Å². The van der Waals surface area contributed by atoms with Gasteiger partial charge in [-0.2, -0.15) is 0 Å². The third kappa shape index (κ3) is 4.86. The number of terminal acetylenes is 1. The molecule has 4 aliphatic rings. The number of hydrogen-bond acceptors (Lipinski definition) is 1. The van der Waals surface area contributed by atoms with Crippen LogP contribution in [0.25, 0.3) is 22.3 Å². The Kier molecular flexibility index (Phi) is 6.45. The van der Waals surface area contributed by atoms with Crippen LogP contribution >= 0.6 is 0 Å². The van der Waals surface area contributed by atoms with E-state index in [4.69, 9.17) is 6.42 Å². The Morgan fingerprint density at radius 3 is 1.33 bits per heavy atom. The van der Waals surface area contributed by atoms with Crippen molar-refractivity contribution in [2.75, 3.05) is 4.90 Å². The molecular formula is C42H37N. The fourth-order valence-electron chi connectivity index (χ4n) is 8.87. The Labute approximate surface area is 256 Å². The molecule has 0 aromatic heterocycles. The van der Waals surface area contributed by atoms with Gasteiger partial charge in [0, 0.05) is 22.6 Å². The molecule has 5 aromatic rings. The summed E-state index contributed by atoms with van der Waals surface area (Å²) in [5, 5.41) is 0. The molecule has 5 aromatic carbocycles. The quantitative estimate of drug-likeness (QED) is 0.188. The normalized spacial score (nSPS) is 23.6. The van der Waals surface area contributed by atoms with Crippen molar-refractivity contribution in [1.29, 1.82) is 0 Å². The van der Waals surface area contributed by atoms with Crippen molar-refractivity contribution >= 4 is 17.1 Å². The summed E-state index contributed by atoms with van der Waals surface area (Å²) in [6.07, 6.45) is 14.4. The van der Waals surface area contributed by atoms with E-state index < -0.39 is 0 Å². The monoisotopic (exact) mass is 555 g/mol. The van der Waals surface area contributed by atoms with Gasteiger partial charge in [-0.3, -0.25) is 0 Å². The molecule has 4 saturated carbocycles. The Balaban J connectivity index is 1.08. The Morgan fingerprint density at radius 2 is 0.884 bits per heavy atom. The SMILES string of the molecule is C#Cc1ccc(N(c2ccc(-c3ccccc3)cc2)c2ccc(-c3ccc(C45CC6CC(CC(C6)C4)C5)cc3)cc2)cc1. The summed E-state index contributed by atoms with van der Waals surface area (Å²) in [5.74, 6) is 5.66. The molecule has 0 saturated heterocycles. The lowest BCUT2D eigenvalue weighted by atomic mass is 9.48. The van der Waals surface area contributed by atoms with E-state index in [2.05, 4.69) is 126 Å². The molecule has 1 nitrogen and oxygen atoms in total. The molecule has 4 bridgehead atoms. The second-order valence-electron chi connectivity index (χ2n) is 13.3. The summed E-state index contributed by atoms with van der Waals surface area (Å²) >= 11 is 0. The Bertz CT molecular complexity index is 1720. The van der Waals surface area contributed by atoms with Gasteiger partial charge < -0.3 is 4.90 Å². The molecule has 0 heterocycles. The fourth-order valence-corrected chi connectivity index (χ4v) is 8.87. The second kappa shape index (κ2) is 10.6. The van der Waals surface area contributed by atoms with E-state index in [1.807, 2.05) is 12.1 Å². The van der Waals surface area contributed by atoms with Crippen LogP contribution < -0.4 is 4.90 Å². The molecular weight excluding hydrogens is 518 g/mol. The van der Waals surface area contributed by atoms with Gasteiger partial charge >= 0.3 is 0 Å². The van der Waals surface area contributed by atoms with Gasteiger partial charge in [-0.05, 0) is 138 Å². The number of anilines is 3. The average molecular weight is 556 g/mol. The zero-order valence-corrected chi connectivity index (χ0v) is 24.6. The average Bonchev–Trinajstić information content (AvgIpc) is 3.06. The van der Waals surface area contributed by atoms with Gasteiger partial charge in [0.2, 0.25) is 0 Å². The lowest BCUT2D eigenvalue weighted by Crippen LogP contribution is -2.48. The van der Waals surface area contributed by atoms with Crippen molar-refractivity contribution in [3.8, 4) is 34.6 Å². The largest absolute Gasteiger partial charge is 0.311 e. The van der Waals surface area contributed by atoms with Crippen molar-refractivity contribution in [1.82, 2.24) is 0 Å². The number of nitrogens with zero attached hydrogens (tertiary/aromatic N) is 1. The molecule has 0 radical (unpaired) electrons. The number of rotatable bonds is 6. The number of hydrogen-bond donors (Lipinski definition) is 0. The fraction of sp³-hybridized carbons (Fsp3) is 0.238. The van der Waals surface area contributed by atoms with Gasteiger partial charge in [0.25, 0.3) is 0 Å². The van der Waals surface area contributed by atoms with Crippen molar-refractivity contribution < 1.29 is 0 Å². The summed E-state index contributed by atoms with van der Waals surface area (Å²) in [6.45, 7) is 0. The highest BCUT2D eigenvalue weighted by Crippen LogP contribution is 2.60. The first kappa shape index (κ1) is 26.1. The van der Waals surface area contributed by atoms with Crippen LogP contribution in [0.5, 0.6) is 0 Å². The summed E-state index contributed by atoms with van der Waals surface area (Å²) in [7, 11) is 0. The third-order valence-electron chi connectivity index (χ3n) is 10.5. The molecule has 0 aliphatic heterocycles. The molecule has 1 heteroatoms. The van der Waals surface area contributed by atoms with Gasteiger partial charge in [-0.1, -0.05) is 84.8 Å². The van der Waals surface area contributed by atoms with E-state index in [0.717, 1.165) is 40.4 Å². The third-order valence-corrected chi connectivity index (χ3v) is 10.5. The maximum Gasteiger partial charge on any atom is 0.0462 e. The van der Waals surface area contributed by atoms with Crippen LogP contribution in [0.2, 0.25) is 0 Å². The van der Waals surface area contributed by atoms with E-state index >= 15 is 0 Å². The highest BCUT2D eigenvalue weighted by Gasteiger charge is 2.51. The topological polar surface area (TPSA) is 3.24 Å². The lowest BCUT2D eigenvalue weighted by molar-refractivity contribution is -0.00518. The predicted molar refractivity (Wildman–Crippen MR) is 180 cm³/mol. The maximum atomic E-state index is 5.66. The first-order chi connectivity index (χ1) is 21.2. The van der Waals surface area contributed by atoms with Crippen molar-refractivity contribution in [2.45, 2.75) is 43.9 Å². The van der Waals surface area contributed by atoms with Crippen LogP contribution in [0, 0.1) is 30.1 Å². The van der Waals surface area contributed by atoms with Crippen LogP contribution in [0.1, 0.15) is 49.7 Å². The van der Waals surface area contributed by atoms with Crippen molar-refractivity contribution in [3.05, 3.63) is 139 Å². The van der Waals surface area contributed by atoms with Crippen LogP contribution in [0.4, 0.5) is 17.1 Å². The maximum absolute atomic E-state index is 5.66. The minimum absolute atomic E-state index is 0.447. The van der Waals surface area contributed by atoms with Gasteiger partial charge in [0.15, 0.2) is 0 Å². The zero-order chi connectivity index (χ0) is 28.8. The molecule has 0 N–H and O–H groups in total. The molecule has 0 amide bonds. The molecule has 43 heavy (non-hydrogen) atoms. The van der Waals surface area contributed by atoms with E-state index in [1.54, 1.807) is 5.56 Å². The van der Waals surface area contributed by atoms with E-state index in [-0.39, 0.29) is 0 Å². The summed E-state index contributed by atoms with van der Waals surface area (Å²) in [5.41, 5.74) is 11.2. The van der Waals surface area contributed by atoms with E-state index in [0.29, 0.717) is 5.41 Å². The van der Waals surface area contributed by atoms with Gasteiger partial charge in [0.1, 0.15) is 0 Å². The van der Waals surface area contributed by atoms with Crippen LogP contribution in [0.3, 0.4) is 0 Å². The molecule has 4 aliphatic carbocycles. The molecule has 210 valence electrons. The summed E-state index contributed by atoms with van der Waals surface area (Å²) < 4.78 is 0. The highest BCUT2D eigenvalue weighted by atomic mass is 15.1. The van der Waals surface area contributed by atoms with E-state index in [9.17, 15) is 0 Å². The van der Waals surface area contributed by atoms with Crippen LogP contribution in [0.15, 0.2) is 127 Å². The number of benzene rings is 5. The lowest BCUT2D eigenvalue weighted by Gasteiger charge is -2.57. The Hall–Kier alpha value is -4.54. The molecule has 9 rings (SSSR count). The van der Waals surface area contributed by atoms with Gasteiger partial charge in [-0.15, -0.1) is 6.42 Å². The highest BCUT2D eigenvalue weighted by molar-refractivity contribution is 5.80. The first-order valence-electron chi connectivity index (χ1n) is 15.9. The predicted octanol–water partition coefficient (Wildman–Crippen LogP) is 10.9. The standard InChI is InChI=1S/C42H37N/c1-2-30-8-18-39(19-9-30)43(40-20-12-36(13-21-40)34-6-4-3-5-7-34)41-22-14-37(15-23-41)35-10-16-38(17-11-35)42-27-31-24-32(28-42)26-33(25-31)29-42/h1,3-23,31-33H,24-29H2. The van der Waals surface area contributed by atoms with Crippen LogP contribution in [-0.4, -0.2) is 0 Å². The minimum atomic E-state index is 0.447. The zero-order valence-electron chi connectivity index (χ0n) is 24.6. The molecule has 0 atom stereocenters. The molecule has 4 fully saturated rings. The van der Waals surface area contributed by atoms with Crippen molar-refractivity contribution in [3.63, 3.8) is 0 Å².